The molecule has 2 aromatic carbocycles. The molecule has 0 radical (unpaired) electrons. The lowest BCUT2D eigenvalue weighted by atomic mass is 9.90. The van der Waals surface area contributed by atoms with Gasteiger partial charge in [-0.05, 0) is 23.3 Å². The zero-order valence-corrected chi connectivity index (χ0v) is 14.1. The van der Waals surface area contributed by atoms with Gasteiger partial charge in [-0.15, -0.1) is 0 Å². The average Bonchev–Trinajstić information content (AvgIpc) is 3.10. The van der Waals surface area contributed by atoms with Gasteiger partial charge in [0.1, 0.15) is 13.3 Å². The summed E-state index contributed by atoms with van der Waals surface area (Å²) in [7, 11) is 0. The minimum atomic E-state index is -1.23. The fourth-order valence-electron chi connectivity index (χ4n) is 3.00. The van der Waals surface area contributed by atoms with E-state index in [4.69, 9.17) is 14.7 Å². The van der Waals surface area contributed by atoms with Gasteiger partial charge < -0.3 is 14.4 Å². The summed E-state index contributed by atoms with van der Waals surface area (Å²) in [6, 6.07) is 18.4. The first-order chi connectivity index (χ1) is 12.7. The van der Waals surface area contributed by atoms with Gasteiger partial charge in [0.05, 0.1) is 18.2 Å². The largest absolute Gasteiger partial charge is 0.459 e. The van der Waals surface area contributed by atoms with Crippen molar-refractivity contribution in [2.45, 2.75) is 18.6 Å². The monoisotopic (exact) mass is 350 g/mol. The Kier molecular flexibility index (Phi) is 5.30. The third-order valence-corrected chi connectivity index (χ3v) is 4.39. The van der Waals surface area contributed by atoms with Crippen molar-refractivity contribution in [3.8, 4) is 6.07 Å². The Morgan fingerprint density at radius 3 is 2.73 bits per heavy atom. The summed E-state index contributed by atoms with van der Waals surface area (Å²) in [5, 5.41) is 9.07. The van der Waals surface area contributed by atoms with Crippen LogP contribution in [0.5, 0.6) is 0 Å². The molecule has 0 bridgehead atoms. The fourth-order valence-corrected chi connectivity index (χ4v) is 3.00. The van der Waals surface area contributed by atoms with Gasteiger partial charge in [0.15, 0.2) is 5.54 Å². The van der Waals surface area contributed by atoms with Crippen molar-refractivity contribution in [1.82, 2.24) is 4.90 Å². The highest BCUT2D eigenvalue weighted by Gasteiger charge is 2.49. The molecule has 1 amide bonds. The van der Waals surface area contributed by atoms with Crippen molar-refractivity contribution in [1.29, 1.82) is 5.26 Å². The molecule has 3 rings (SSSR count). The van der Waals surface area contributed by atoms with Gasteiger partial charge in [0.25, 0.3) is 0 Å². The summed E-state index contributed by atoms with van der Waals surface area (Å²) < 4.78 is 10.9. The van der Waals surface area contributed by atoms with E-state index in [1.165, 1.54) is 4.90 Å². The third kappa shape index (κ3) is 3.58. The number of ether oxygens (including phenoxy) is 2. The highest BCUT2D eigenvalue weighted by atomic mass is 16.6. The molecule has 1 aliphatic heterocycles. The molecule has 26 heavy (non-hydrogen) atoms. The molecule has 1 aliphatic rings. The van der Waals surface area contributed by atoms with Crippen LogP contribution in [0.4, 0.5) is 0 Å². The topological polar surface area (TPSA) is 79.6 Å². The van der Waals surface area contributed by atoms with Crippen LogP contribution in [0.15, 0.2) is 54.6 Å². The molecule has 0 saturated carbocycles. The van der Waals surface area contributed by atoms with Crippen LogP contribution in [0.3, 0.4) is 0 Å². The molecule has 1 fully saturated rings. The van der Waals surface area contributed by atoms with E-state index >= 15 is 0 Å². The van der Waals surface area contributed by atoms with Crippen molar-refractivity contribution in [3.63, 3.8) is 0 Å². The Bertz CT molecular complexity index is 831. The maximum absolute atomic E-state index is 12.9. The summed E-state index contributed by atoms with van der Waals surface area (Å²) in [6.45, 7) is 0.199. The van der Waals surface area contributed by atoms with Gasteiger partial charge >= 0.3 is 5.97 Å². The minimum Gasteiger partial charge on any atom is -0.459 e. The molecule has 0 N–H and O–H groups in total. The van der Waals surface area contributed by atoms with E-state index in [0.29, 0.717) is 12.0 Å². The number of benzene rings is 2. The Morgan fingerprint density at radius 2 is 2.00 bits per heavy atom. The molecule has 2 aromatic rings. The number of carbonyl (C=O) groups excluding carboxylic acids is 2. The second-order valence-corrected chi connectivity index (χ2v) is 6.14. The minimum absolute atomic E-state index is 0.0296. The highest BCUT2D eigenvalue weighted by Crippen LogP contribution is 2.28. The molecule has 6 nitrogen and oxygen atoms in total. The molecule has 132 valence electrons. The van der Waals surface area contributed by atoms with Gasteiger partial charge in [-0.25, -0.2) is 4.79 Å². The van der Waals surface area contributed by atoms with Crippen LogP contribution in [-0.4, -0.2) is 36.2 Å². The van der Waals surface area contributed by atoms with Crippen LogP contribution in [0.25, 0.3) is 0 Å². The third-order valence-electron chi connectivity index (χ3n) is 4.39. The molecule has 0 aliphatic carbocycles. The Morgan fingerprint density at radius 1 is 1.23 bits per heavy atom. The van der Waals surface area contributed by atoms with Crippen molar-refractivity contribution in [2.24, 2.45) is 0 Å². The number of rotatable bonds is 6. The molecule has 6 heteroatoms. The van der Waals surface area contributed by atoms with E-state index in [1.54, 1.807) is 18.2 Å². The lowest BCUT2D eigenvalue weighted by molar-refractivity contribution is -0.159. The van der Waals surface area contributed by atoms with E-state index in [9.17, 15) is 9.59 Å². The quantitative estimate of drug-likeness (QED) is 0.588. The summed E-state index contributed by atoms with van der Waals surface area (Å²) >= 11 is 0. The lowest BCUT2D eigenvalue weighted by Gasteiger charge is -2.31. The average molecular weight is 350 g/mol. The summed E-state index contributed by atoms with van der Waals surface area (Å²) in [5.41, 5.74) is 0.883. The standard InChI is InChI=1S/C20H18N2O4/c21-11-18-8-4-7-17(9-18)10-20(13-25-15-22(20)14-23)19(24)26-12-16-5-2-1-3-6-16/h1-9,14H,10,12-13,15H2/t20-/m0/s1. The maximum atomic E-state index is 12.9. The summed E-state index contributed by atoms with van der Waals surface area (Å²) in [5.74, 6) is -0.520. The number of amides is 1. The fraction of sp³-hybridized carbons (Fsp3) is 0.250. The normalized spacial score (nSPS) is 19.0. The van der Waals surface area contributed by atoms with E-state index in [2.05, 4.69) is 6.07 Å². The molecular formula is C20H18N2O4. The van der Waals surface area contributed by atoms with Gasteiger partial charge in [-0.2, -0.15) is 5.26 Å². The second kappa shape index (κ2) is 7.81. The summed E-state index contributed by atoms with van der Waals surface area (Å²) in [6.07, 6.45) is 0.819. The number of hydrogen-bond acceptors (Lipinski definition) is 5. The first kappa shape index (κ1) is 17.6. The molecule has 0 aromatic heterocycles. The predicted molar refractivity (Wildman–Crippen MR) is 92.6 cm³/mol. The van der Waals surface area contributed by atoms with Crippen LogP contribution in [-0.2, 0) is 32.1 Å². The smallest absolute Gasteiger partial charge is 0.335 e. The Balaban J connectivity index is 1.83. The highest BCUT2D eigenvalue weighted by molar-refractivity contribution is 5.84. The molecule has 0 unspecified atom stereocenters. The number of nitriles is 1. The number of hydrogen-bond donors (Lipinski definition) is 0. The van der Waals surface area contributed by atoms with Crippen LogP contribution >= 0.6 is 0 Å². The molecule has 0 spiro atoms. The van der Waals surface area contributed by atoms with E-state index in [1.807, 2.05) is 36.4 Å². The van der Waals surface area contributed by atoms with Crippen LogP contribution < -0.4 is 0 Å². The van der Waals surface area contributed by atoms with Crippen LogP contribution in [0, 0.1) is 11.3 Å². The van der Waals surface area contributed by atoms with E-state index < -0.39 is 11.5 Å². The zero-order valence-electron chi connectivity index (χ0n) is 14.1. The van der Waals surface area contributed by atoms with Gasteiger partial charge in [-0.3, -0.25) is 4.79 Å². The Hall–Kier alpha value is -3.17. The number of esters is 1. The predicted octanol–water partition coefficient (Wildman–Crippen LogP) is 2.03. The zero-order chi connectivity index (χ0) is 18.4. The molecule has 1 atom stereocenters. The molecule has 1 saturated heterocycles. The SMILES string of the molecule is N#Cc1cccc(C[C@@]2(C(=O)OCc3ccccc3)COCN2C=O)c1. The summed E-state index contributed by atoms with van der Waals surface area (Å²) in [4.78, 5) is 25.7. The molecular weight excluding hydrogens is 332 g/mol. The lowest BCUT2D eigenvalue weighted by Crippen LogP contribution is -2.54. The molecule has 1 heterocycles. The van der Waals surface area contributed by atoms with Gasteiger partial charge in [-0.1, -0.05) is 42.5 Å². The van der Waals surface area contributed by atoms with Crippen molar-refractivity contribution >= 4 is 12.4 Å². The van der Waals surface area contributed by atoms with E-state index in [0.717, 1.165) is 11.1 Å². The van der Waals surface area contributed by atoms with Gasteiger partial charge in [0, 0.05) is 6.42 Å². The number of nitrogens with zero attached hydrogens (tertiary/aromatic N) is 2. The first-order valence-corrected chi connectivity index (χ1v) is 8.18. The van der Waals surface area contributed by atoms with Crippen molar-refractivity contribution in [2.75, 3.05) is 13.3 Å². The van der Waals surface area contributed by atoms with E-state index in [-0.39, 0.29) is 26.4 Å². The van der Waals surface area contributed by atoms with Gasteiger partial charge in [0.2, 0.25) is 6.41 Å². The van der Waals surface area contributed by atoms with Crippen molar-refractivity contribution in [3.05, 3.63) is 71.3 Å². The van der Waals surface area contributed by atoms with Crippen LogP contribution in [0.1, 0.15) is 16.7 Å². The van der Waals surface area contributed by atoms with Crippen molar-refractivity contribution < 1.29 is 19.1 Å². The Labute approximate surface area is 151 Å². The second-order valence-electron chi connectivity index (χ2n) is 6.14. The maximum Gasteiger partial charge on any atom is 0.335 e. The van der Waals surface area contributed by atoms with Crippen LogP contribution in [0.2, 0.25) is 0 Å². The number of carbonyl (C=O) groups is 2. The first-order valence-electron chi connectivity index (χ1n) is 8.18.